The fourth-order valence-electron chi connectivity index (χ4n) is 2.32. The lowest BCUT2D eigenvalue weighted by molar-refractivity contribution is 0.547. The molecule has 4 heteroatoms. The maximum absolute atomic E-state index is 14.1. The minimum atomic E-state index is -0.535. The summed E-state index contributed by atoms with van der Waals surface area (Å²) < 4.78 is 28.5. The Balaban J connectivity index is 2.58. The van der Waals surface area contributed by atoms with Gasteiger partial charge in [-0.2, -0.15) is 0 Å². The van der Waals surface area contributed by atoms with E-state index in [9.17, 15) is 8.78 Å². The van der Waals surface area contributed by atoms with Gasteiger partial charge in [-0.3, -0.25) is 0 Å². The molecule has 0 fully saturated rings. The fourth-order valence-corrected chi connectivity index (χ4v) is 2.70. The number of hydrogen-bond donors (Lipinski definition) is 1. The van der Waals surface area contributed by atoms with Crippen LogP contribution in [0.5, 0.6) is 0 Å². The van der Waals surface area contributed by atoms with Crippen LogP contribution in [-0.2, 0) is 0 Å². The Labute approximate surface area is 126 Å². The van der Waals surface area contributed by atoms with Crippen LogP contribution in [0.2, 0.25) is 0 Å². The van der Waals surface area contributed by atoms with Crippen LogP contribution in [0.4, 0.5) is 8.78 Å². The van der Waals surface area contributed by atoms with Crippen LogP contribution in [0, 0.1) is 25.5 Å². The molecule has 1 atom stereocenters. The first-order chi connectivity index (χ1) is 9.45. The molecule has 2 aromatic carbocycles. The van der Waals surface area contributed by atoms with Crippen LogP contribution in [0.25, 0.3) is 0 Å². The Kier molecular flexibility index (Phi) is 4.55. The lowest BCUT2D eigenvalue weighted by atomic mass is 9.93. The van der Waals surface area contributed by atoms with Gasteiger partial charge in [0.2, 0.25) is 0 Å². The molecule has 1 unspecified atom stereocenters. The van der Waals surface area contributed by atoms with E-state index in [0.29, 0.717) is 11.1 Å². The van der Waals surface area contributed by atoms with E-state index in [1.807, 2.05) is 25.1 Å². The maximum Gasteiger partial charge on any atom is 0.131 e. The zero-order valence-corrected chi connectivity index (χ0v) is 13.2. The molecule has 0 saturated heterocycles. The van der Waals surface area contributed by atoms with Crippen molar-refractivity contribution >= 4 is 15.9 Å². The van der Waals surface area contributed by atoms with Crippen LogP contribution in [0.15, 0.2) is 34.8 Å². The number of halogens is 3. The highest BCUT2D eigenvalue weighted by Crippen LogP contribution is 2.31. The standard InChI is InChI=1S/C16H16BrF2N/c1-9-7-12(15(19)8-14(9)18)16(20-3)11-5-4-6-13(17)10(11)2/h4-8,16,20H,1-3H3. The summed E-state index contributed by atoms with van der Waals surface area (Å²) in [6, 6.07) is 7.99. The van der Waals surface area contributed by atoms with Crippen molar-refractivity contribution in [1.82, 2.24) is 5.32 Å². The molecule has 0 aliphatic carbocycles. The summed E-state index contributed by atoms with van der Waals surface area (Å²) in [6.45, 7) is 3.61. The maximum atomic E-state index is 14.1. The van der Waals surface area contributed by atoms with E-state index in [4.69, 9.17) is 0 Å². The van der Waals surface area contributed by atoms with Crippen molar-refractivity contribution in [2.75, 3.05) is 7.05 Å². The van der Waals surface area contributed by atoms with Crippen molar-refractivity contribution in [3.05, 3.63) is 68.7 Å². The summed E-state index contributed by atoms with van der Waals surface area (Å²) in [5.41, 5.74) is 2.89. The highest BCUT2D eigenvalue weighted by Gasteiger charge is 2.20. The van der Waals surface area contributed by atoms with Gasteiger partial charge in [0.05, 0.1) is 6.04 Å². The van der Waals surface area contributed by atoms with Gasteiger partial charge >= 0.3 is 0 Å². The van der Waals surface area contributed by atoms with E-state index >= 15 is 0 Å². The normalized spacial score (nSPS) is 12.5. The first-order valence-electron chi connectivity index (χ1n) is 6.33. The molecule has 0 spiro atoms. The van der Waals surface area contributed by atoms with Crippen LogP contribution in [0.3, 0.4) is 0 Å². The summed E-state index contributed by atoms with van der Waals surface area (Å²) in [7, 11) is 1.77. The van der Waals surface area contributed by atoms with Gasteiger partial charge in [0, 0.05) is 16.1 Å². The largest absolute Gasteiger partial charge is 0.309 e. The Morgan fingerprint density at radius 3 is 2.40 bits per heavy atom. The Morgan fingerprint density at radius 2 is 1.75 bits per heavy atom. The third-order valence-electron chi connectivity index (χ3n) is 3.50. The highest BCUT2D eigenvalue weighted by molar-refractivity contribution is 9.10. The summed E-state index contributed by atoms with van der Waals surface area (Å²) >= 11 is 3.48. The van der Waals surface area contributed by atoms with Crippen molar-refractivity contribution in [3.8, 4) is 0 Å². The van der Waals surface area contributed by atoms with Gasteiger partial charge < -0.3 is 5.32 Å². The second-order valence-electron chi connectivity index (χ2n) is 4.80. The average Bonchev–Trinajstić information content (AvgIpc) is 2.41. The van der Waals surface area contributed by atoms with Gasteiger partial charge in [-0.05, 0) is 49.7 Å². The van der Waals surface area contributed by atoms with Crippen LogP contribution < -0.4 is 5.32 Å². The zero-order valence-electron chi connectivity index (χ0n) is 11.6. The number of nitrogens with one attached hydrogen (secondary N) is 1. The van der Waals surface area contributed by atoms with Crippen molar-refractivity contribution in [2.45, 2.75) is 19.9 Å². The van der Waals surface area contributed by atoms with Gasteiger partial charge in [-0.25, -0.2) is 8.78 Å². The molecule has 0 aromatic heterocycles. The smallest absolute Gasteiger partial charge is 0.131 e. The van der Waals surface area contributed by atoms with E-state index < -0.39 is 11.6 Å². The molecular formula is C16H16BrF2N. The Bertz CT molecular complexity index is 641. The molecule has 106 valence electrons. The molecule has 0 heterocycles. The molecular weight excluding hydrogens is 324 g/mol. The summed E-state index contributed by atoms with van der Waals surface area (Å²) in [4.78, 5) is 0. The van der Waals surface area contributed by atoms with E-state index in [0.717, 1.165) is 21.7 Å². The third-order valence-corrected chi connectivity index (χ3v) is 4.36. The second-order valence-corrected chi connectivity index (χ2v) is 5.65. The van der Waals surface area contributed by atoms with Gasteiger partial charge in [-0.15, -0.1) is 0 Å². The SMILES string of the molecule is CNC(c1cc(C)c(F)cc1F)c1cccc(Br)c1C. The molecule has 0 aliphatic rings. The molecule has 0 saturated carbocycles. The first kappa shape index (κ1) is 15.1. The third kappa shape index (κ3) is 2.76. The minimum absolute atomic E-state index is 0.313. The van der Waals surface area contributed by atoms with Gasteiger partial charge in [0.1, 0.15) is 11.6 Å². The van der Waals surface area contributed by atoms with Gasteiger partial charge in [0.25, 0.3) is 0 Å². The molecule has 20 heavy (non-hydrogen) atoms. The lowest BCUT2D eigenvalue weighted by Crippen LogP contribution is -2.20. The predicted octanol–water partition coefficient (Wildman–Crippen LogP) is 4.65. The molecule has 0 aliphatic heterocycles. The topological polar surface area (TPSA) is 12.0 Å². The van der Waals surface area contributed by atoms with Crippen molar-refractivity contribution in [2.24, 2.45) is 0 Å². The summed E-state index contributed by atoms with van der Waals surface area (Å²) in [5.74, 6) is -1.06. The van der Waals surface area contributed by atoms with E-state index in [-0.39, 0.29) is 6.04 Å². The van der Waals surface area contributed by atoms with E-state index in [1.165, 1.54) is 0 Å². The molecule has 0 radical (unpaired) electrons. The molecule has 2 rings (SSSR count). The lowest BCUT2D eigenvalue weighted by Gasteiger charge is -2.21. The minimum Gasteiger partial charge on any atom is -0.309 e. The second kappa shape index (κ2) is 6.02. The number of benzene rings is 2. The molecule has 2 aromatic rings. The quantitative estimate of drug-likeness (QED) is 0.857. The molecule has 0 amide bonds. The van der Waals surface area contributed by atoms with Crippen molar-refractivity contribution in [3.63, 3.8) is 0 Å². The summed E-state index contributed by atoms with van der Waals surface area (Å²) in [5, 5.41) is 3.11. The van der Waals surface area contributed by atoms with Crippen molar-refractivity contribution in [1.29, 1.82) is 0 Å². The molecule has 1 nitrogen and oxygen atoms in total. The average molecular weight is 340 g/mol. The monoisotopic (exact) mass is 339 g/mol. The predicted molar refractivity (Wildman–Crippen MR) is 80.9 cm³/mol. The van der Waals surface area contributed by atoms with Crippen LogP contribution >= 0.6 is 15.9 Å². The van der Waals surface area contributed by atoms with Gasteiger partial charge in [-0.1, -0.05) is 28.1 Å². The van der Waals surface area contributed by atoms with Gasteiger partial charge in [0.15, 0.2) is 0 Å². The Morgan fingerprint density at radius 1 is 1.05 bits per heavy atom. The number of aryl methyl sites for hydroxylation is 1. The molecule has 0 bridgehead atoms. The summed E-state index contributed by atoms with van der Waals surface area (Å²) in [6.07, 6.45) is 0. The molecule has 1 N–H and O–H groups in total. The van der Waals surface area contributed by atoms with E-state index in [2.05, 4.69) is 21.2 Å². The van der Waals surface area contributed by atoms with Crippen LogP contribution in [-0.4, -0.2) is 7.05 Å². The Hall–Kier alpha value is -1.26. The zero-order chi connectivity index (χ0) is 14.9. The van der Waals surface area contributed by atoms with Crippen LogP contribution in [0.1, 0.15) is 28.3 Å². The highest BCUT2D eigenvalue weighted by atomic mass is 79.9. The van der Waals surface area contributed by atoms with E-state index in [1.54, 1.807) is 20.0 Å². The first-order valence-corrected chi connectivity index (χ1v) is 7.12. The number of hydrogen-bond acceptors (Lipinski definition) is 1. The van der Waals surface area contributed by atoms with Crippen molar-refractivity contribution < 1.29 is 8.78 Å². The fraction of sp³-hybridized carbons (Fsp3) is 0.250. The number of rotatable bonds is 3.